The van der Waals surface area contributed by atoms with Crippen molar-refractivity contribution in [2.75, 3.05) is 39.5 Å². The van der Waals surface area contributed by atoms with Crippen LogP contribution in [0.2, 0.25) is 0 Å². The van der Waals surface area contributed by atoms with Crippen LogP contribution in [-0.2, 0) is 9.47 Å². The number of piperidine rings is 1. The molecule has 0 aromatic heterocycles. The van der Waals surface area contributed by atoms with Gasteiger partial charge in [0.15, 0.2) is 5.79 Å². The van der Waals surface area contributed by atoms with Crippen molar-refractivity contribution in [3.05, 3.63) is 0 Å². The largest absolute Gasteiger partial charge is 0.347 e. The minimum absolute atomic E-state index is 0.111. The third kappa shape index (κ3) is 3.57. The lowest BCUT2D eigenvalue weighted by Gasteiger charge is -2.39. The molecule has 6 heteroatoms. The van der Waals surface area contributed by atoms with Gasteiger partial charge in [0.2, 0.25) is 0 Å². The number of ether oxygens (including phenoxy) is 2. The Kier molecular flexibility index (Phi) is 4.99. The van der Waals surface area contributed by atoms with Gasteiger partial charge in [-0.15, -0.1) is 0 Å². The Balaban J connectivity index is 1.84. The van der Waals surface area contributed by atoms with E-state index in [9.17, 15) is 9.18 Å². The monoisotopic (exact) mass is 274 g/mol. The number of alkyl halides is 1. The van der Waals surface area contributed by atoms with Gasteiger partial charge in [-0.1, -0.05) is 0 Å². The smallest absolute Gasteiger partial charge is 0.317 e. The maximum absolute atomic E-state index is 12.0. The van der Waals surface area contributed by atoms with E-state index in [-0.39, 0.29) is 11.9 Å². The molecule has 19 heavy (non-hydrogen) atoms. The Morgan fingerprint density at radius 2 is 2.21 bits per heavy atom. The summed E-state index contributed by atoms with van der Waals surface area (Å²) in [5.41, 5.74) is 0. The summed E-state index contributed by atoms with van der Waals surface area (Å²) in [6.45, 7) is 4.57. The average molecular weight is 274 g/mol. The van der Waals surface area contributed by atoms with Crippen LogP contribution in [0.1, 0.15) is 26.2 Å². The van der Waals surface area contributed by atoms with Crippen molar-refractivity contribution in [2.45, 2.75) is 32.0 Å². The van der Waals surface area contributed by atoms with E-state index < -0.39 is 12.5 Å². The molecule has 2 saturated heterocycles. The van der Waals surface area contributed by atoms with Crippen LogP contribution in [0.15, 0.2) is 0 Å². The molecule has 1 atom stereocenters. The van der Waals surface area contributed by atoms with Crippen molar-refractivity contribution in [1.29, 1.82) is 0 Å². The van der Waals surface area contributed by atoms with Crippen LogP contribution >= 0.6 is 0 Å². The number of hydrogen-bond donors (Lipinski definition) is 1. The van der Waals surface area contributed by atoms with E-state index in [2.05, 4.69) is 5.32 Å². The van der Waals surface area contributed by atoms with Gasteiger partial charge in [-0.05, 0) is 26.2 Å². The third-order valence-corrected chi connectivity index (χ3v) is 3.90. The summed E-state index contributed by atoms with van der Waals surface area (Å²) in [5, 5.41) is 2.74. The molecule has 0 spiro atoms. The Labute approximate surface area is 113 Å². The third-order valence-electron chi connectivity index (χ3n) is 3.90. The van der Waals surface area contributed by atoms with E-state index >= 15 is 0 Å². The quantitative estimate of drug-likeness (QED) is 0.791. The first-order valence-corrected chi connectivity index (χ1v) is 7.02. The van der Waals surface area contributed by atoms with E-state index in [1.165, 1.54) is 0 Å². The van der Waals surface area contributed by atoms with Crippen molar-refractivity contribution >= 4 is 6.03 Å². The van der Waals surface area contributed by atoms with Crippen LogP contribution in [0.25, 0.3) is 0 Å². The summed E-state index contributed by atoms with van der Waals surface area (Å²) in [6.07, 6.45) is 2.32. The zero-order valence-corrected chi connectivity index (χ0v) is 11.5. The molecule has 2 rings (SSSR count). The van der Waals surface area contributed by atoms with E-state index in [0.717, 1.165) is 19.4 Å². The highest BCUT2D eigenvalue weighted by Crippen LogP contribution is 2.33. The zero-order valence-electron chi connectivity index (χ0n) is 11.5. The molecule has 0 aromatic rings. The first-order valence-electron chi connectivity index (χ1n) is 7.02. The summed E-state index contributed by atoms with van der Waals surface area (Å²) >= 11 is 0. The van der Waals surface area contributed by atoms with Gasteiger partial charge in [0.25, 0.3) is 0 Å². The molecule has 2 amide bonds. The number of carbonyl (C=O) groups is 1. The normalized spacial score (nSPS) is 26.4. The van der Waals surface area contributed by atoms with Crippen molar-refractivity contribution in [1.82, 2.24) is 10.2 Å². The molecule has 5 nitrogen and oxygen atoms in total. The standard InChI is InChI=1S/C13H23FN2O3/c1-13(18-8-9-19-13)11-4-2-7-16(10-11)12(17)15-6-3-5-14/h11H,2-10H2,1H3,(H,15,17). The fraction of sp³-hybridized carbons (Fsp3) is 0.923. The summed E-state index contributed by atoms with van der Waals surface area (Å²) in [7, 11) is 0. The van der Waals surface area contributed by atoms with Gasteiger partial charge in [-0.25, -0.2) is 4.79 Å². The topological polar surface area (TPSA) is 50.8 Å². The molecule has 2 fully saturated rings. The van der Waals surface area contributed by atoms with Crippen molar-refractivity contribution < 1.29 is 18.7 Å². The predicted octanol–water partition coefficient (Wildman–Crippen LogP) is 1.53. The fourth-order valence-corrected chi connectivity index (χ4v) is 2.73. The maximum Gasteiger partial charge on any atom is 0.317 e. The van der Waals surface area contributed by atoms with Crippen LogP contribution in [0.5, 0.6) is 0 Å². The number of amides is 2. The highest BCUT2D eigenvalue weighted by molar-refractivity contribution is 5.74. The number of carbonyl (C=O) groups excluding carboxylic acids is 1. The second-order valence-corrected chi connectivity index (χ2v) is 5.27. The lowest BCUT2D eigenvalue weighted by Crippen LogP contribution is -2.51. The molecule has 110 valence electrons. The lowest BCUT2D eigenvalue weighted by molar-refractivity contribution is -0.189. The molecule has 2 aliphatic rings. The van der Waals surface area contributed by atoms with Crippen molar-refractivity contribution in [2.24, 2.45) is 5.92 Å². The molecule has 2 heterocycles. The Morgan fingerprint density at radius 1 is 1.47 bits per heavy atom. The number of likely N-dealkylation sites (tertiary alicyclic amines) is 1. The number of rotatable bonds is 4. The number of nitrogens with zero attached hydrogens (tertiary/aromatic N) is 1. The van der Waals surface area contributed by atoms with E-state index in [0.29, 0.717) is 32.7 Å². The summed E-state index contributed by atoms with van der Waals surface area (Å²) in [6, 6.07) is -0.111. The van der Waals surface area contributed by atoms with Crippen molar-refractivity contribution in [3.8, 4) is 0 Å². The van der Waals surface area contributed by atoms with Gasteiger partial charge < -0.3 is 19.7 Å². The molecule has 0 aliphatic carbocycles. The first-order chi connectivity index (χ1) is 9.15. The highest BCUT2D eigenvalue weighted by Gasteiger charge is 2.42. The maximum atomic E-state index is 12.0. The van der Waals surface area contributed by atoms with Crippen LogP contribution in [-0.4, -0.2) is 56.2 Å². The van der Waals surface area contributed by atoms with Gasteiger partial charge in [-0.2, -0.15) is 0 Å². The van der Waals surface area contributed by atoms with E-state index in [1.54, 1.807) is 4.90 Å². The fourth-order valence-electron chi connectivity index (χ4n) is 2.73. The summed E-state index contributed by atoms with van der Waals surface area (Å²) < 4.78 is 23.4. The number of nitrogens with one attached hydrogen (secondary N) is 1. The molecule has 1 N–H and O–H groups in total. The minimum Gasteiger partial charge on any atom is -0.347 e. The van der Waals surface area contributed by atoms with Gasteiger partial charge >= 0.3 is 6.03 Å². The van der Waals surface area contributed by atoms with Gasteiger partial charge in [0, 0.05) is 25.6 Å². The van der Waals surface area contributed by atoms with E-state index in [1.807, 2.05) is 6.92 Å². The van der Waals surface area contributed by atoms with Crippen molar-refractivity contribution in [3.63, 3.8) is 0 Å². The zero-order chi connectivity index (χ0) is 13.7. The van der Waals surface area contributed by atoms with E-state index in [4.69, 9.17) is 9.47 Å². The van der Waals surface area contributed by atoms with Crippen LogP contribution in [0.3, 0.4) is 0 Å². The molecule has 0 saturated carbocycles. The minimum atomic E-state index is -0.558. The summed E-state index contributed by atoms with van der Waals surface area (Å²) in [4.78, 5) is 13.7. The first kappa shape index (κ1) is 14.5. The highest BCUT2D eigenvalue weighted by atomic mass is 19.1. The lowest BCUT2D eigenvalue weighted by atomic mass is 9.90. The number of hydrogen-bond acceptors (Lipinski definition) is 3. The molecule has 0 aromatic carbocycles. The molecule has 2 aliphatic heterocycles. The van der Waals surface area contributed by atoms with Gasteiger partial charge in [0.1, 0.15) is 0 Å². The Bertz CT molecular complexity index is 308. The molecule has 0 bridgehead atoms. The number of urea groups is 1. The second kappa shape index (κ2) is 6.52. The molecule has 0 radical (unpaired) electrons. The number of halogens is 1. The average Bonchev–Trinajstić information content (AvgIpc) is 2.87. The van der Waals surface area contributed by atoms with Crippen LogP contribution in [0.4, 0.5) is 9.18 Å². The Hall–Kier alpha value is -0.880. The van der Waals surface area contributed by atoms with Gasteiger partial charge in [0.05, 0.1) is 19.9 Å². The molecule has 1 unspecified atom stereocenters. The van der Waals surface area contributed by atoms with Gasteiger partial charge in [-0.3, -0.25) is 4.39 Å². The molecular formula is C13H23FN2O3. The predicted molar refractivity (Wildman–Crippen MR) is 68.6 cm³/mol. The van der Waals surface area contributed by atoms with Crippen LogP contribution in [0, 0.1) is 5.92 Å². The summed E-state index contributed by atoms with van der Waals surface area (Å²) in [5.74, 6) is -0.353. The Morgan fingerprint density at radius 3 is 2.89 bits per heavy atom. The van der Waals surface area contributed by atoms with Crippen LogP contribution < -0.4 is 5.32 Å². The second-order valence-electron chi connectivity index (χ2n) is 5.27. The SMILES string of the molecule is CC1(C2CCCN(C(=O)NCCCF)C2)OCCO1. The molecular weight excluding hydrogens is 251 g/mol.